The van der Waals surface area contributed by atoms with E-state index in [0.29, 0.717) is 10.6 Å². The van der Waals surface area contributed by atoms with E-state index in [4.69, 9.17) is 59.9 Å². The van der Waals surface area contributed by atoms with Gasteiger partial charge in [-0.15, -0.1) is 0 Å². The molecule has 13 nitrogen and oxygen atoms in total. The summed E-state index contributed by atoms with van der Waals surface area (Å²) in [6.45, 7) is 1.16. The van der Waals surface area contributed by atoms with Crippen molar-refractivity contribution in [1.82, 2.24) is 15.7 Å². The first-order valence-electron chi connectivity index (χ1n) is 10.3. The van der Waals surface area contributed by atoms with Gasteiger partial charge in [-0.3, -0.25) is 4.57 Å². The van der Waals surface area contributed by atoms with Crippen LogP contribution in [-0.2, 0) is 30.8 Å². The molecule has 37 heavy (non-hydrogen) atoms. The van der Waals surface area contributed by atoms with Gasteiger partial charge in [-0.2, -0.15) is 13.8 Å². The quantitative estimate of drug-likeness (QED) is 0.244. The summed E-state index contributed by atoms with van der Waals surface area (Å²) in [4.78, 5) is 32.5. The molecule has 2 fully saturated rings. The number of aliphatic hydroxyl groups excluding tert-OH is 2. The van der Waals surface area contributed by atoms with Crippen molar-refractivity contribution in [2.75, 3.05) is 12.3 Å². The molecule has 1 aromatic rings. The molecular weight excluding hydrogens is 730 g/mol. The van der Waals surface area contributed by atoms with Crippen LogP contribution in [0.1, 0.15) is 52.2 Å². The Hall–Kier alpha value is -1.45. The number of nitrogens with two attached hydrogens (primary N) is 2. The molecule has 220 valence electrons. The number of nitrogen functional groups attached to an aromatic ring is 1. The number of aromatic nitrogens is 2. The van der Waals surface area contributed by atoms with Crippen LogP contribution in [0.25, 0.3) is 0 Å². The van der Waals surface area contributed by atoms with Crippen LogP contribution in [0.5, 0.6) is 0 Å². The van der Waals surface area contributed by atoms with Crippen LogP contribution >= 0.6 is 18.8 Å². The molecule has 0 spiro atoms. The predicted octanol–water partition coefficient (Wildman–Crippen LogP) is -0.960. The van der Waals surface area contributed by atoms with Crippen LogP contribution in [0.4, 0.5) is 14.6 Å². The van der Waals surface area contributed by atoms with Crippen molar-refractivity contribution < 1.29 is 60.0 Å². The normalized spacial score (nSPS) is 21.6. The zero-order valence-electron chi connectivity index (χ0n) is 20.1. The maximum absolute atomic E-state index is 13.7. The standard InChI is InChI=1S/C9H11F2N3O4.C6H13N.2C2H4O2.2ClH.H3N.Pt/c10-9(11)6(16)4(3-15)18-7(9)14-2-1-5(12)13-8(14)17;7-6-4-2-1-3-5-6;2*1-2(3)4;;;;/h1-2,4,6-7,15-16H,3H2,(H2,12,13,17);6H,1-5,7H2;2*1H3,(H,3,4);2*1H;1H3;/q;;;;;;;+4/p-4/t4-,6-,7-;;;;;;;/m1......./s1. The predicted molar refractivity (Wildman–Crippen MR) is 124 cm³/mol. The van der Waals surface area contributed by atoms with Crippen LogP contribution in [-0.4, -0.2) is 62.5 Å². The molecule has 0 radical (unpaired) electrons. The van der Waals surface area contributed by atoms with E-state index in [-0.39, 0.29) is 12.0 Å². The third-order valence-electron chi connectivity index (χ3n) is 4.31. The monoisotopic (exact) mass is 762 g/mol. The van der Waals surface area contributed by atoms with Crippen molar-refractivity contribution in [3.05, 3.63) is 22.7 Å². The fourth-order valence-corrected chi connectivity index (χ4v) is 2.86. The second-order valence-electron chi connectivity index (χ2n) is 7.30. The Bertz CT molecular complexity index is 818. The second-order valence-corrected chi connectivity index (χ2v) is 10.6. The van der Waals surface area contributed by atoms with Crippen LogP contribution in [0.3, 0.4) is 0 Å². The van der Waals surface area contributed by atoms with E-state index in [9.17, 15) is 18.7 Å². The zero-order chi connectivity index (χ0) is 28.5. The summed E-state index contributed by atoms with van der Waals surface area (Å²) in [5.74, 6) is -5.99. The number of alkyl halides is 2. The molecule has 1 aliphatic carbocycles. The minimum atomic E-state index is -3.71. The summed E-state index contributed by atoms with van der Waals surface area (Å²) in [5.41, 5.74) is 9.84. The van der Waals surface area contributed by atoms with E-state index >= 15 is 0 Å². The van der Waals surface area contributed by atoms with E-state index in [1.165, 1.54) is 32.1 Å². The number of halogens is 4. The van der Waals surface area contributed by atoms with E-state index in [2.05, 4.69) is 4.98 Å². The zero-order valence-corrected chi connectivity index (χ0v) is 23.9. The van der Waals surface area contributed by atoms with Gasteiger partial charge in [0, 0.05) is 24.2 Å². The molecule has 1 saturated heterocycles. The summed E-state index contributed by atoms with van der Waals surface area (Å²) in [5, 5.41) is 35.9. The van der Waals surface area contributed by atoms with Gasteiger partial charge in [-0.05, 0) is 32.8 Å². The molecule has 0 aromatic carbocycles. The van der Waals surface area contributed by atoms with Gasteiger partial charge in [-0.25, -0.2) is 4.79 Å². The molecule has 9 N–H and O–H groups in total. The minimum absolute atomic E-state index is 0. The summed E-state index contributed by atoms with van der Waals surface area (Å²) in [7, 11) is 9.75. The molecule has 3 rings (SSSR count). The number of hydrogen-bond donors (Lipinski definition) is 5. The Morgan fingerprint density at radius 1 is 1.24 bits per heavy atom. The number of carbonyl (C=O) groups excluding carboxylic acids is 2. The molecule has 1 aromatic heterocycles. The maximum atomic E-state index is 13.7. The van der Waals surface area contributed by atoms with Crippen molar-refractivity contribution in [1.29, 1.82) is 0 Å². The van der Waals surface area contributed by atoms with Crippen LogP contribution in [0, 0.1) is 0 Å². The Morgan fingerprint density at radius 2 is 1.68 bits per heavy atom. The topological polar surface area (TPSA) is 252 Å². The Kier molecular flexibility index (Phi) is 23.2. The van der Waals surface area contributed by atoms with Crippen molar-refractivity contribution in [2.24, 2.45) is 5.73 Å². The van der Waals surface area contributed by atoms with Gasteiger partial charge >= 0.3 is 46.9 Å². The van der Waals surface area contributed by atoms with Gasteiger partial charge in [0.25, 0.3) is 0 Å². The number of hydrogen-bond acceptors (Lipinski definition) is 12. The molecule has 18 heteroatoms. The average Bonchev–Trinajstić information content (AvgIpc) is 2.98. The summed E-state index contributed by atoms with van der Waals surface area (Å²) < 4.78 is 32.7. The molecule has 2 heterocycles. The molecule has 0 amide bonds. The Morgan fingerprint density at radius 3 is 1.97 bits per heavy atom. The number of carbonyl (C=O) groups is 2. The molecule has 0 unspecified atom stereocenters. The first-order chi connectivity index (χ1) is 16.6. The van der Waals surface area contributed by atoms with Gasteiger partial charge in [-0.1, -0.05) is 19.3 Å². The Balaban J connectivity index is -0.000000501. The molecule has 3 atom stereocenters. The first kappa shape index (κ1) is 40.1. The molecule has 2 aliphatic rings. The van der Waals surface area contributed by atoms with Crippen molar-refractivity contribution >= 4 is 36.6 Å². The number of rotatable bonds is 2. The van der Waals surface area contributed by atoms with Gasteiger partial charge in [0.05, 0.1) is 6.61 Å². The number of nitrogens with zero attached hydrogens (tertiary/aromatic N) is 2. The van der Waals surface area contributed by atoms with Crippen molar-refractivity contribution in [3.8, 4) is 0 Å². The fourth-order valence-electron chi connectivity index (χ4n) is 2.86. The van der Waals surface area contributed by atoms with Gasteiger partial charge in [0.2, 0.25) is 6.23 Å². The fraction of sp³-hybridized carbons (Fsp3) is 0.684. The third-order valence-corrected chi connectivity index (χ3v) is 4.31. The summed E-state index contributed by atoms with van der Waals surface area (Å²) in [6.07, 6.45) is 1.97. The Labute approximate surface area is 229 Å². The summed E-state index contributed by atoms with van der Waals surface area (Å²) >= 11 is -0.472. The number of aliphatic carboxylic acids is 2. The first-order valence-corrected chi connectivity index (χ1v) is 15.9. The summed E-state index contributed by atoms with van der Waals surface area (Å²) in [6, 6.07) is 1.69. The molecule has 1 saturated carbocycles. The van der Waals surface area contributed by atoms with E-state index in [1.54, 1.807) is 0 Å². The molecule has 1 aliphatic heterocycles. The molecular formula is C19H33Cl2F2N5O8Pt. The average molecular weight is 763 g/mol. The number of anilines is 1. The number of carboxylic acids is 2. The van der Waals surface area contributed by atoms with E-state index < -0.39 is 65.1 Å². The van der Waals surface area contributed by atoms with Gasteiger partial charge in [0.1, 0.15) is 11.9 Å². The van der Waals surface area contributed by atoms with E-state index in [0.717, 1.165) is 26.1 Å². The van der Waals surface area contributed by atoms with Crippen LogP contribution in [0.2, 0.25) is 0 Å². The SMILES string of the molecule is CC(=O)[O-].CC(=O)[O-].N.NC1CCCCC1.Nc1ccn([C@@H]2O[C@H](CO)[C@@H](O)C2(F)F)c(=O)n1.[Cl][Pt+2][Cl]. The molecule has 0 bridgehead atoms. The van der Waals surface area contributed by atoms with Gasteiger partial charge < -0.3 is 52.4 Å². The third kappa shape index (κ3) is 17.6. The van der Waals surface area contributed by atoms with Crippen LogP contribution in [0.15, 0.2) is 17.1 Å². The number of aliphatic hydroxyl groups is 2. The second kappa shape index (κ2) is 21.5. The number of ether oxygens (including phenoxy) is 1. The van der Waals surface area contributed by atoms with E-state index in [1.807, 2.05) is 0 Å². The van der Waals surface area contributed by atoms with Crippen LogP contribution < -0.4 is 33.5 Å². The number of carboxylic acid groups (broad SMARTS) is 2. The van der Waals surface area contributed by atoms with Crippen molar-refractivity contribution in [3.63, 3.8) is 0 Å². The van der Waals surface area contributed by atoms with Crippen molar-refractivity contribution in [2.45, 2.75) is 76.4 Å². The van der Waals surface area contributed by atoms with Gasteiger partial charge in [0.15, 0.2) is 6.10 Å².